The van der Waals surface area contributed by atoms with Crippen molar-refractivity contribution in [3.8, 4) is 0 Å². The highest BCUT2D eigenvalue weighted by Gasteiger charge is 2.00. The summed E-state index contributed by atoms with van der Waals surface area (Å²) in [5.41, 5.74) is 3.65. The molecule has 0 aliphatic heterocycles. The zero-order valence-electron chi connectivity index (χ0n) is 12.0. The Labute approximate surface area is 124 Å². The Hall–Kier alpha value is -1.36. The normalized spacial score (nSPS) is 10.7. The first-order chi connectivity index (χ1) is 9.79. The third kappa shape index (κ3) is 4.63. The Morgan fingerprint density at radius 1 is 1.20 bits per heavy atom. The molecule has 4 heteroatoms. The molecule has 2 rings (SSSR count). The van der Waals surface area contributed by atoms with E-state index < -0.39 is 0 Å². The number of rotatable bonds is 8. The molecule has 1 aromatic carbocycles. The number of hydrogen-bond acceptors (Lipinski definition) is 4. The molecule has 20 heavy (non-hydrogen) atoms. The Morgan fingerprint density at radius 3 is 2.85 bits per heavy atom. The fourth-order valence-electron chi connectivity index (χ4n) is 1.87. The van der Waals surface area contributed by atoms with E-state index in [1.807, 2.05) is 0 Å². The van der Waals surface area contributed by atoms with Crippen molar-refractivity contribution in [3.05, 3.63) is 51.7 Å². The van der Waals surface area contributed by atoms with Crippen LogP contribution >= 0.6 is 11.3 Å². The number of benzene rings is 1. The van der Waals surface area contributed by atoms with Crippen molar-refractivity contribution in [3.63, 3.8) is 0 Å². The van der Waals surface area contributed by atoms with Crippen molar-refractivity contribution in [1.82, 2.24) is 0 Å². The fraction of sp³-hybridized carbons (Fsp3) is 0.375. The van der Waals surface area contributed by atoms with Crippen LogP contribution in [0, 0.1) is 6.92 Å². The lowest BCUT2D eigenvalue weighted by molar-refractivity contribution is 0.0617. The summed E-state index contributed by atoms with van der Waals surface area (Å²) in [6, 6.07) is 10.5. The molecule has 0 spiro atoms. The van der Waals surface area contributed by atoms with Crippen LogP contribution < -0.4 is 5.32 Å². The molecule has 0 aliphatic carbocycles. The van der Waals surface area contributed by atoms with E-state index in [9.17, 15) is 0 Å². The van der Waals surface area contributed by atoms with Gasteiger partial charge in [0.1, 0.15) is 0 Å². The maximum atomic E-state index is 5.53. The van der Waals surface area contributed by atoms with Gasteiger partial charge in [-0.2, -0.15) is 0 Å². The highest BCUT2D eigenvalue weighted by atomic mass is 32.1. The molecule has 1 aromatic heterocycles. The van der Waals surface area contributed by atoms with Gasteiger partial charge in [0, 0.05) is 24.2 Å². The zero-order valence-corrected chi connectivity index (χ0v) is 12.8. The van der Waals surface area contributed by atoms with Gasteiger partial charge in [0.15, 0.2) is 0 Å². The highest BCUT2D eigenvalue weighted by molar-refractivity contribution is 7.10. The van der Waals surface area contributed by atoms with Crippen molar-refractivity contribution in [2.45, 2.75) is 20.1 Å². The van der Waals surface area contributed by atoms with Gasteiger partial charge < -0.3 is 14.8 Å². The summed E-state index contributed by atoms with van der Waals surface area (Å²) < 4.78 is 10.5. The molecule has 0 unspecified atom stereocenters. The number of hydrogen-bond donors (Lipinski definition) is 1. The van der Waals surface area contributed by atoms with Crippen molar-refractivity contribution in [1.29, 1.82) is 0 Å². The topological polar surface area (TPSA) is 30.5 Å². The van der Waals surface area contributed by atoms with Gasteiger partial charge >= 0.3 is 0 Å². The molecule has 0 atom stereocenters. The van der Waals surface area contributed by atoms with Gasteiger partial charge in [0.25, 0.3) is 0 Å². The molecule has 2 aromatic rings. The quantitative estimate of drug-likeness (QED) is 0.750. The third-order valence-electron chi connectivity index (χ3n) is 3.05. The second-order valence-electron chi connectivity index (χ2n) is 4.63. The van der Waals surface area contributed by atoms with Crippen LogP contribution in [0.2, 0.25) is 0 Å². The Bertz CT molecular complexity index is 525. The predicted octanol–water partition coefficient (Wildman–Crippen LogP) is 3.83. The van der Waals surface area contributed by atoms with E-state index in [-0.39, 0.29) is 0 Å². The maximum Gasteiger partial charge on any atom is 0.0718 e. The van der Waals surface area contributed by atoms with E-state index in [1.165, 1.54) is 16.0 Å². The lowest BCUT2D eigenvalue weighted by atomic mass is 10.2. The molecule has 0 fully saturated rings. The van der Waals surface area contributed by atoms with Crippen LogP contribution in [0.1, 0.15) is 16.0 Å². The third-order valence-corrected chi connectivity index (χ3v) is 4.07. The Kier molecular flexibility index (Phi) is 6.05. The van der Waals surface area contributed by atoms with E-state index >= 15 is 0 Å². The summed E-state index contributed by atoms with van der Waals surface area (Å²) in [5.74, 6) is 0. The summed E-state index contributed by atoms with van der Waals surface area (Å²) in [6.07, 6.45) is 0. The smallest absolute Gasteiger partial charge is 0.0718 e. The molecule has 0 radical (unpaired) electrons. The van der Waals surface area contributed by atoms with Gasteiger partial charge in [-0.05, 0) is 41.6 Å². The van der Waals surface area contributed by atoms with E-state index in [4.69, 9.17) is 9.47 Å². The number of anilines is 1. The van der Waals surface area contributed by atoms with Crippen LogP contribution in [0.4, 0.5) is 5.69 Å². The first kappa shape index (κ1) is 15.0. The summed E-state index contributed by atoms with van der Waals surface area (Å²) in [4.78, 5) is 1.38. The molecule has 3 nitrogen and oxygen atoms in total. The van der Waals surface area contributed by atoms with E-state index in [2.05, 4.69) is 48.0 Å². The average Bonchev–Trinajstić information content (AvgIpc) is 2.87. The van der Waals surface area contributed by atoms with Crippen molar-refractivity contribution >= 4 is 17.0 Å². The molecular weight excluding hydrogens is 270 g/mol. The SMILES string of the molecule is COCCOCc1cccc(NCc2sccc2C)c1. The van der Waals surface area contributed by atoms with Gasteiger partial charge in [-0.25, -0.2) is 0 Å². The molecule has 1 N–H and O–H groups in total. The monoisotopic (exact) mass is 291 g/mol. The first-order valence-corrected chi connectivity index (χ1v) is 7.60. The van der Waals surface area contributed by atoms with Crippen LogP contribution in [0.15, 0.2) is 35.7 Å². The van der Waals surface area contributed by atoms with Crippen molar-refractivity contribution in [2.24, 2.45) is 0 Å². The van der Waals surface area contributed by atoms with Crippen LogP contribution in [-0.2, 0) is 22.6 Å². The molecule has 0 bridgehead atoms. The number of ether oxygens (including phenoxy) is 2. The van der Waals surface area contributed by atoms with Gasteiger partial charge in [-0.3, -0.25) is 0 Å². The molecule has 108 valence electrons. The maximum absolute atomic E-state index is 5.53. The minimum atomic E-state index is 0.622. The molecule has 0 saturated heterocycles. The van der Waals surface area contributed by atoms with Crippen LogP contribution in [0.3, 0.4) is 0 Å². The van der Waals surface area contributed by atoms with E-state index in [0.717, 1.165) is 12.2 Å². The summed E-state index contributed by atoms with van der Waals surface area (Å²) in [7, 11) is 1.68. The summed E-state index contributed by atoms with van der Waals surface area (Å²) >= 11 is 1.79. The van der Waals surface area contributed by atoms with Gasteiger partial charge in [-0.1, -0.05) is 12.1 Å². The minimum absolute atomic E-state index is 0.622. The number of thiophene rings is 1. The average molecular weight is 291 g/mol. The molecular formula is C16H21NO2S. The predicted molar refractivity (Wildman–Crippen MR) is 84.4 cm³/mol. The lowest BCUT2D eigenvalue weighted by Gasteiger charge is -2.09. The van der Waals surface area contributed by atoms with E-state index in [0.29, 0.717) is 19.8 Å². The van der Waals surface area contributed by atoms with Crippen molar-refractivity contribution < 1.29 is 9.47 Å². The standard InChI is InChI=1S/C16H21NO2S/c1-13-6-9-20-16(13)11-17-15-5-3-4-14(10-15)12-19-8-7-18-2/h3-6,9-10,17H,7-8,11-12H2,1-2H3. The fourth-order valence-corrected chi connectivity index (χ4v) is 2.72. The largest absolute Gasteiger partial charge is 0.382 e. The Morgan fingerprint density at radius 2 is 2.10 bits per heavy atom. The van der Waals surface area contributed by atoms with Gasteiger partial charge in [0.05, 0.1) is 19.8 Å². The molecule has 0 saturated carbocycles. The summed E-state index contributed by atoms with van der Waals surface area (Å²) in [5, 5.41) is 5.59. The van der Waals surface area contributed by atoms with Gasteiger partial charge in [0.2, 0.25) is 0 Å². The van der Waals surface area contributed by atoms with Gasteiger partial charge in [-0.15, -0.1) is 11.3 Å². The zero-order chi connectivity index (χ0) is 14.2. The molecule has 0 aliphatic rings. The van der Waals surface area contributed by atoms with Crippen LogP contribution in [0.5, 0.6) is 0 Å². The van der Waals surface area contributed by atoms with Crippen LogP contribution in [0.25, 0.3) is 0 Å². The van der Waals surface area contributed by atoms with Crippen molar-refractivity contribution in [2.75, 3.05) is 25.6 Å². The molecule has 1 heterocycles. The number of nitrogens with one attached hydrogen (secondary N) is 1. The summed E-state index contributed by atoms with van der Waals surface area (Å²) in [6.45, 7) is 4.90. The Balaban J connectivity index is 1.84. The van der Waals surface area contributed by atoms with E-state index in [1.54, 1.807) is 18.4 Å². The number of aryl methyl sites for hydroxylation is 1. The first-order valence-electron chi connectivity index (χ1n) is 6.72. The minimum Gasteiger partial charge on any atom is -0.382 e. The second-order valence-corrected chi connectivity index (χ2v) is 5.63. The number of methoxy groups -OCH3 is 1. The van der Waals surface area contributed by atoms with Crippen LogP contribution in [-0.4, -0.2) is 20.3 Å². The lowest BCUT2D eigenvalue weighted by Crippen LogP contribution is -2.03. The second kappa shape index (κ2) is 8.04. The molecule has 0 amide bonds. The highest BCUT2D eigenvalue weighted by Crippen LogP contribution is 2.18.